The van der Waals surface area contributed by atoms with Gasteiger partial charge in [-0.15, -0.1) is 0 Å². The second-order valence-corrected chi connectivity index (χ2v) is 6.96. The summed E-state index contributed by atoms with van der Waals surface area (Å²) in [6.07, 6.45) is 0.905. The molecule has 132 valence electrons. The fraction of sp³-hybridized carbons (Fsp3) is 0.381. The number of Topliss-reactive ketones (excluding diaryl/α,β-unsaturated/α-hetero) is 1. The molecule has 25 heavy (non-hydrogen) atoms. The molecule has 4 nitrogen and oxygen atoms in total. The van der Waals surface area contributed by atoms with Crippen molar-refractivity contribution >= 4 is 5.78 Å². The van der Waals surface area contributed by atoms with Crippen molar-refractivity contribution in [3.8, 4) is 11.5 Å². The number of ketones is 1. The van der Waals surface area contributed by atoms with Crippen molar-refractivity contribution in [2.45, 2.75) is 26.3 Å². The van der Waals surface area contributed by atoms with E-state index in [-0.39, 0.29) is 11.8 Å². The van der Waals surface area contributed by atoms with Crippen LogP contribution in [0.2, 0.25) is 0 Å². The van der Waals surface area contributed by atoms with Gasteiger partial charge >= 0.3 is 0 Å². The molecule has 1 N–H and O–H groups in total. The van der Waals surface area contributed by atoms with Crippen LogP contribution in [0.25, 0.3) is 0 Å². The van der Waals surface area contributed by atoms with Gasteiger partial charge in [0.1, 0.15) is 0 Å². The fourth-order valence-corrected chi connectivity index (χ4v) is 3.62. The quantitative estimate of drug-likeness (QED) is 0.842. The summed E-state index contributed by atoms with van der Waals surface area (Å²) in [7, 11) is 3.28. The van der Waals surface area contributed by atoms with Crippen LogP contribution < -0.4 is 14.8 Å². The average molecular weight is 339 g/mol. The van der Waals surface area contributed by atoms with E-state index in [0.717, 1.165) is 29.8 Å². The van der Waals surface area contributed by atoms with E-state index in [4.69, 9.17) is 9.47 Å². The highest BCUT2D eigenvalue weighted by Gasteiger charge is 2.40. The number of hydrogen-bond donors (Lipinski definition) is 1. The van der Waals surface area contributed by atoms with Crippen molar-refractivity contribution in [3.05, 3.63) is 59.2 Å². The largest absolute Gasteiger partial charge is 0.493 e. The minimum absolute atomic E-state index is 0.0798. The fourth-order valence-electron chi connectivity index (χ4n) is 3.62. The first-order chi connectivity index (χ1) is 12.0. The zero-order valence-corrected chi connectivity index (χ0v) is 15.3. The van der Waals surface area contributed by atoms with Gasteiger partial charge in [-0.05, 0) is 36.2 Å². The lowest BCUT2D eigenvalue weighted by molar-refractivity contribution is 0.0772. The number of methoxy groups -OCH3 is 2. The average Bonchev–Trinajstić information content (AvgIpc) is 2.66. The van der Waals surface area contributed by atoms with E-state index in [0.29, 0.717) is 5.75 Å². The van der Waals surface area contributed by atoms with E-state index in [1.807, 2.05) is 56.3 Å². The summed E-state index contributed by atoms with van der Waals surface area (Å²) in [5.41, 5.74) is 2.46. The van der Waals surface area contributed by atoms with Gasteiger partial charge in [0.2, 0.25) is 0 Å². The van der Waals surface area contributed by atoms with Gasteiger partial charge in [0.15, 0.2) is 17.3 Å². The molecule has 0 spiro atoms. The summed E-state index contributed by atoms with van der Waals surface area (Å²) in [6.45, 7) is 4.84. The molecule has 0 aliphatic carbocycles. The predicted molar refractivity (Wildman–Crippen MR) is 98.5 cm³/mol. The minimum Gasteiger partial charge on any atom is -0.493 e. The van der Waals surface area contributed by atoms with E-state index in [1.54, 1.807) is 14.2 Å². The van der Waals surface area contributed by atoms with Gasteiger partial charge in [0.05, 0.1) is 14.2 Å². The van der Waals surface area contributed by atoms with Gasteiger partial charge in [-0.25, -0.2) is 0 Å². The summed E-state index contributed by atoms with van der Waals surface area (Å²) < 4.78 is 10.9. The van der Waals surface area contributed by atoms with Gasteiger partial charge in [0.25, 0.3) is 0 Å². The number of ether oxygens (including phenoxy) is 2. The number of hydrogen-bond acceptors (Lipinski definition) is 4. The monoisotopic (exact) mass is 339 g/mol. The Hall–Kier alpha value is -2.33. The van der Waals surface area contributed by atoms with Crippen molar-refractivity contribution in [3.63, 3.8) is 0 Å². The van der Waals surface area contributed by atoms with Gasteiger partial charge < -0.3 is 14.8 Å². The maximum Gasteiger partial charge on any atom is 0.170 e. The Bertz CT molecular complexity index is 768. The van der Waals surface area contributed by atoms with Crippen molar-refractivity contribution < 1.29 is 14.3 Å². The molecule has 1 aliphatic heterocycles. The smallest absolute Gasteiger partial charge is 0.170 e. The molecule has 1 atom stereocenters. The lowest BCUT2D eigenvalue weighted by Crippen LogP contribution is -2.43. The number of carbonyl (C=O) groups is 1. The Morgan fingerprint density at radius 2 is 1.72 bits per heavy atom. The molecule has 2 aromatic rings. The molecular formula is C21H25NO3. The molecule has 0 unspecified atom stereocenters. The van der Waals surface area contributed by atoms with Crippen molar-refractivity contribution in [1.82, 2.24) is 5.32 Å². The first-order valence-electron chi connectivity index (χ1n) is 8.57. The van der Waals surface area contributed by atoms with E-state index in [2.05, 4.69) is 5.32 Å². The normalized spacial score (nSPS) is 16.9. The summed E-state index contributed by atoms with van der Waals surface area (Å²) in [6, 6.07) is 13.4. The number of benzene rings is 2. The predicted octanol–water partition coefficient (Wildman–Crippen LogP) is 3.80. The first-order valence-corrected chi connectivity index (χ1v) is 8.57. The van der Waals surface area contributed by atoms with Crippen molar-refractivity contribution in [1.29, 1.82) is 0 Å². The number of nitrogens with one attached hydrogen (secondary N) is 1. The van der Waals surface area contributed by atoms with Crippen LogP contribution in [0.4, 0.5) is 0 Å². The Labute approximate surface area is 149 Å². The standard InChI is InChI=1S/C21H25NO3/c1-21(2,20(23)14-8-6-5-7-9-14)19-16-13-18(25-4)17(24-3)12-15(16)10-11-22-19/h5-9,12-13,19,22H,10-11H2,1-4H3/t19-/m1/s1. The van der Waals surface area contributed by atoms with Crippen LogP contribution in [0.15, 0.2) is 42.5 Å². The van der Waals surface area contributed by atoms with E-state index >= 15 is 0 Å². The van der Waals surface area contributed by atoms with Crippen LogP contribution in [0.5, 0.6) is 11.5 Å². The van der Waals surface area contributed by atoms with E-state index in [9.17, 15) is 4.79 Å². The summed E-state index contributed by atoms with van der Waals surface area (Å²) in [5, 5.41) is 3.54. The molecule has 0 aromatic heterocycles. The van der Waals surface area contributed by atoms with Crippen LogP contribution in [0.3, 0.4) is 0 Å². The highest BCUT2D eigenvalue weighted by molar-refractivity contribution is 6.00. The molecule has 4 heteroatoms. The minimum atomic E-state index is -0.587. The molecule has 0 saturated heterocycles. The number of rotatable bonds is 5. The Balaban J connectivity index is 2.03. The highest BCUT2D eigenvalue weighted by Crippen LogP contribution is 2.43. The van der Waals surface area contributed by atoms with Gasteiger partial charge in [-0.2, -0.15) is 0 Å². The molecule has 0 radical (unpaired) electrons. The maximum absolute atomic E-state index is 13.2. The Morgan fingerprint density at radius 3 is 2.36 bits per heavy atom. The molecule has 0 fully saturated rings. The van der Waals surface area contributed by atoms with Crippen LogP contribution in [-0.4, -0.2) is 26.5 Å². The van der Waals surface area contributed by atoms with Crippen LogP contribution >= 0.6 is 0 Å². The maximum atomic E-state index is 13.2. The van der Waals surface area contributed by atoms with Gasteiger partial charge in [-0.3, -0.25) is 4.79 Å². The van der Waals surface area contributed by atoms with Crippen LogP contribution in [-0.2, 0) is 6.42 Å². The van der Waals surface area contributed by atoms with Crippen molar-refractivity contribution in [2.24, 2.45) is 5.41 Å². The molecule has 0 saturated carbocycles. The zero-order chi connectivity index (χ0) is 18.0. The number of fused-ring (bicyclic) bond motifs is 1. The second-order valence-electron chi connectivity index (χ2n) is 6.96. The summed E-state index contributed by atoms with van der Waals surface area (Å²) >= 11 is 0. The summed E-state index contributed by atoms with van der Waals surface area (Å²) in [5.74, 6) is 1.56. The van der Waals surface area contributed by atoms with E-state index < -0.39 is 5.41 Å². The molecule has 1 heterocycles. The van der Waals surface area contributed by atoms with E-state index in [1.165, 1.54) is 5.56 Å². The topological polar surface area (TPSA) is 47.6 Å². The molecule has 1 aliphatic rings. The molecule has 0 bridgehead atoms. The molecular weight excluding hydrogens is 314 g/mol. The Morgan fingerprint density at radius 1 is 1.08 bits per heavy atom. The highest BCUT2D eigenvalue weighted by atomic mass is 16.5. The molecule has 2 aromatic carbocycles. The SMILES string of the molecule is COc1cc2c(cc1OC)[C@H](C(C)(C)C(=O)c1ccccc1)NCC2. The third-order valence-electron chi connectivity index (χ3n) is 5.04. The van der Waals surface area contributed by atoms with Gasteiger partial charge in [-0.1, -0.05) is 44.2 Å². The third kappa shape index (κ3) is 3.14. The van der Waals surface area contributed by atoms with Crippen LogP contribution in [0.1, 0.15) is 41.4 Å². The summed E-state index contributed by atoms with van der Waals surface area (Å²) in [4.78, 5) is 13.2. The third-order valence-corrected chi connectivity index (χ3v) is 5.04. The molecule has 3 rings (SSSR count). The second kappa shape index (κ2) is 6.89. The zero-order valence-electron chi connectivity index (χ0n) is 15.3. The Kier molecular flexibility index (Phi) is 4.82. The van der Waals surface area contributed by atoms with Crippen LogP contribution in [0, 0.1) is 5.41 Å². The first kappa shape index (κ1) is 17.5. The molecule has 0 amide bonds. The van der Waals surface area contributed by atoms with Crippen molar-refractivity contribution in [2.75, 3.05) is 20.8 Å². The number of carbonyl (C=O) groups excluding carboxylic acids is 1. The van der Waals surface area contributed by atoms with Gasteiger partial charge in [0, 0.05) is 17.0 Å². The lowest BCUT2D eigenvalue weighted by Gasteiger charge is -2.38. The lowest BCUT2D eigenvalue weighted by atomic mass is 9.72.